The number of nitrogens with one attached hydrogen (secondary N) is 1. The maximum Gasteiger partial charge on any atom is 0.209 e. The van der Waals surface area contributed by atoms with Gasteiger partial charge in [0.2, 0.25) is 12.8 Å². The Balaban J connectivity index is 3.61. The number of nitrogens with zero attached hydrogens (tertiary/aromatic N) is 1. The SMILES string of the molecule is C[Si](C)(C)CCCN(C=O)CCNC=O. The van der Waals surface area contributed by atoms with Crippen LogP contribution in [-0.2, 0) is 9.59 Å². The average Bonchev–Trinajstić information content (AvgIpc) is 2.14. The Kier molecular flexibility index (Phi) is 7.03. The van der Waals surface area contributed by atoms with Crippen LogP contribution in [0.25, 0.3) is 0 Å². The van der Waals surface area contributed by atoms with Crippen molar-refractivity contribution in [3.8, 4) is 0 Å². The summed E-state index contributed by atoms with van der Waals surface area (Å²) >= 11 is 0. The van der Waals surface area contributed by atoms with Gasteiger partial charge in [-0.1, -0.05) is 25.7 Å². The summed E-state index contributed by atoms with van der Waals surface area (Å²) in [6.07, 6.45) is 2.58. The number of rotatable bonds is 9. The molecule has 4 nitrogen and oxygen atoms in total. The highest BCUT2D eigenvalue weighted by Gasteiger charge is 2.12. The van der Waals surface area contributed by atoms with Gasteiger partial charge in [-0.3, -0.25) is 9.59 Å². The van der Waals surface area contributed by atoms with E-state index >= 15 is 0 Å². The van der Waals surface area contributed by atoms with Crippen LogP contribution >= 0.6 is 0 Å². The Bertz CT molecular complexity index is 192. The third kappa shape index (κ3) is 9.46. The molecular formula is C10H22N2O2Si. The smallest absolute Gasteiger partial charge is 0.209 e. The topological polar surface area (TPSA) is 49.4 Å². The van der Waals surface area contributed by atoms with Crippen molar-refractivity contribution in [2.75, 3.05) is 19.6 Å². The van der Waals surface area contributed by atoms with Crippen molar-refractivity contribution in [3.05, 3.63) is 0 Å². The van der Waals surface area contributed by atoms with E-state index in [2.05, 4.69) is 25.0 Å². The van der Waals surface area contributed by atoms with E-state index in [9.17, 15) is 9.59 Å². The van der Waals surface area contributed by atoms with Gasteiger partial charge in [-0.25, -0.2) is 0 Å². The average molecular weight is 230 g/mol. The molecule has 0 aliphatic heterocycles. The van der Waals surface area contributed by atoms with E-state index in [0.29, 0.717) is 19.5 Å². The van der Waals surface area contributed by atoms with E-state index in [0.717, 1.165) is 19.4 Å². The number of hydrogen-bond donors (Lipinski definition) is 1. The summed E-state index contributed by atoms with van der Waals surface area (Å²) in [6.45, 7) is 8.92. The van der Waals surface area contributed by atoms with Gasteiger partial charge in [0.15, 0.2) is 0 Å². The van der Waals surface area contributed by atoms with Crippen LogP contribution < -0.4 is 5.32 Å². The zero-order chi connectivity index (χ0) is 11.7. The second-order valence-corrected chi connectivity index (χ2v) is 10.5. The molecule has 15 heavy (non-hydrogen) atoms. The van der Waals surface area contributed by atoms with Gasteiger partial charge >= 0.3 is 0 Å². The summed E-state index contributed by atoms with van der Waals surface area (Å²) in [7, 11) is -0.989. The predicted octanol–water partition coefficient (Wildman–Crippen LogP) is 0.919. The molecule has 0 saturated carbocycles. The second kappa shape index (κ2) is 7.45. The minimum absolute atomic E-state index is 0.537. The maximum absolute atomic E-state index is 10.7. The van der Waals surface area contributed by atoms with E-state index in [4.69, 9.17) is 0 Å². The lowest BCUT2D eigenvalue weighted by molar-refractivity contribution is -0.118. The Morgan fingerprint density at radius 3 is 2.33 bits per heavy atom. The van der Waals surface area contributed by atoms with Crippen molar-refractivity contribution in [1.29, 1.82) is 0 Å². The number of carbonyl (C=O) groups excluding carboxylic acids is 2. The van der Waals surface area contributed by atoms with Crippen molar-refractivity contribution in [2.45, 2.75) is 32.1 Å². The normalized spacial score (nSPS) is 10.9. The van der Waals surface area contributed by atoms with E-state index < -0.39 is 8.07 Å². The summed E-state index contributed by atoms with van der Waals surface area (Å²) in [5.41, 5.74) is 0. The van der Waals surface area contributed by atoms with Gasteiger partial charge in [0.1, 0.15) is 0 Å². The van der Waals surface area contributed by atoms with Gasteiger partial charge < -0.3 is 10.2 Å². The lowest BCUT2D eigenvalue weighted by atomic mass is 10.4. The molecule has 2 amide bonds. The van der Waals surface area contributed by atoms with Gasteiger partial charge in [-0.2, -0.15) is 0 Å². The molecule has 0 aromatic carbocycles. The number of hydrogen-bond acceptors (Lipinski definition) is 2. The van der Waals surface area contributed by atoms with E-state index in [1.807, 2.05) is 0 Å². The van der Waals surface area contributed by atoms with Crippen LogP contribution in [-0.4, -0.2) is 45.4 Å². The third-order valence-electron chi connectivity index (χ3n) is 2.15. The van der Waals surface area contributed by atoms with Crippen LogP contribution in [0.5, 0.6) is 0 Å². The van der Waals surface area contributed by atoms with Crippen molar-refractivity contribution in [3.63, 3.8) is 0 Å². The molecule has 0 heterocycles. The van der Waals surface area contributed by atoms with Crippen LogP contribution in [0.4, 0.5) is 0 Å². The lowest BCUT2D eigenvalue weighted by Gasteiger charge is -2.20. The maximum atomic E-state index is 10.7. The Hall–Kier alpha value is -0.843. The zero-order valence-corrected chi connectivity index (χ0v) is 11.0. The van der Waals surface area contributed by atoms with E-state index in [1.165, 1.54) is 6.04 Å². The zero-order valence-electron chi connectivity index (χ0n) is 9.95. The molecule has 0 aromatic rings. The van der Waals surface area contributed by atoms with Crippen LogP contribution in [0.2, 0.25) is 25.7 Å². The first-order valence-corrected chi connectivity index (χ1v) is 9.06. The highest BCUT2D eigenvalue weighted by Crippen LogP contribution is 2.10. The van der Waals surface area contributed by atoms with Crippen molar-refractivity contribution >= 4 is 20.9 Å². The van der Waals surface area contributed by atoms with E-state index in [1.54, 1.807) is 4.90 Å². The molecule has 0 atom stereocenters. The standard InChI is InChI=1S/C10H22N2O2Si/c1-15(2,3)8-4-6-12(10-14)7-5-11-9-13/h9-10H,4-8H2,1-3H3,(H,11,13). The molecule has 0 spiro atoms. The van der Waals surface area contributed by atoms with Crippen molar-refractivity contribution in [2.24, 2.45) is 0 Å². The number of amides is 2. The Morgan fingerprint density at radius 1 is 1.20 bits per heavy atom. The van der Waals surface area contributed by atoms with Gasteiger partial charge in [0, 0.05) is 27.7 Å². The monoisotopic (exact) mass is 230 g/mol. The highest BCUT2D eigenvalue weighted by molar-refractivity contribution is 6.76. The molecule has 1 N–H and O–H groups in total. The quantitative estimate of drug-likeness (QED) is 0.364. The lowest BCUT2D eigenvalue weighted by Crippen LogP contribution is -2.32. The molecule has 0 bridgehead atoms. The molecule has 5 heteroatoms. The fourth-order valence-corrected chi connectivity index (χ4v) is 2.52. The van der Waals surface area contributed by atoms with Crippen LogP contribution in [0.3, 0.4) is 0 Å². The van der Waals surface area contributed by atoms with Crippen LogP contribution in [0.1, 0.15) is 6.42 Å². The first-order valence-electron chi connectivity index (χ1n) is 5.36. The molecule has 0 saturated heterocycles. The molecule has 0 rings (SSSR count). The number of carbonyl (C=O) groups is 2. The van der Waals surface area contributed by atoms with Gasteiger partial charge in [0.05, 0.1) is 0 Å². The molecule has 0 aromatic heterocycles. The van der Waals surface area contributed by atoms with Crippen molar-refractivity contribution < 1.29 is 9.59 Å². The predicted molar refractivity (Wildman–Crippen MR) is 64.5 cm³/mol. The molecule has 0 fully saturated rings. The van der Waals surface area contributed by atoms with E-state index in [-0.39, 0.29) is 0 Å². The summed E-state index contributed by atoms with van der Waals surface area (Å²) in [6, 6.07) is 1.23. The summed E-state index contributed by atoms with van der Waals surface area (Å²) in [4.78, 5) is 22.4. The van der Waals surface area contributed by atoms with Crippen molar-refractivity contribution in [1.82, 2.24) is 10.2 Å². The fraction of sp³-hybridized carbons (Fsp3) is 0.800. The molecule has 0 aliphatic carbocycles. The molecule has 0 aliphatic rings. The Morgan fingerprint density at radius 2 is 1.87 bits per heavy atom. The van der Waals surface area contributed by atoms with Gasteiger partial charge in [-0.05, 0) is 6.42 Å². The fourth-order valence-electron chi connectivity index (χ4n) is 1.30. The van der Waals surface area contributed by atoms with Gasteiger partial charge in [-0.15, -0.1) is 0 Å². The Labute approximate surface area is 93.0 Å². The highest BCUT2D eigenvalue weighted by atomic mass is 28.3. The summed E-state index contributed by atoms with van der Waals surface area (Å²) in [5.74, 6) is 0. The third-order valence-corrected chi connectivity index (χ3v) is 4.00. The molecule has 88 valence electrons. The molecule has 0 unspecified atom stereocenters. The summed E-state index contributed by atoms with van der Waals surface area (Å²) in [5, 5.41) is 2.55. The minimum Gasteiger partial charge on any atom is -0.357 e. The summed E-state index contributed by atoms with van der Waals surface area (Å²) < 4.78 is 0. The molecule has 0 radical (unpaired) electrons. The van der Waals surface area contributed by atoms with Crippen LogP contribution in [0.15, 0.2) is 0 Å². The first-order chi connectivity index (χ1) is 6.99. The van der Waals surface area contributed by atoms with Crippen LogP contribution in [0, 0.1) is 0 Å². The largest absolute Gasteiger partial charge is 0.357 e. The minimum atomic E-state index is -0.989. The second-order valence-electron chi connectivity index (χ2n) is 4.88. The first kappa shape index (κ1) is 14.2. The van der Waals surface area contributed by atoms with Gasteiger partial charge in [0.25, 0.3) is 0 Å². The molecular weight excluding hydrogens is 208 g/mol.